The van der Waals surface area contributed by atoms with Crippen LogP contribution in [0.25, 0.3) is 0 Å². The predicted octanol–water partition coefficient (Wildman–Crippen LogP) is 2.44. The lowest BCUT2D eigenvalue weighted by atomic mass is 10.1. The highest BCUT2D eigenvalue weighted by atomic mass is 19.1. The molecule has 1 fully saturated rings. The van der Waals surface area contributed by atoms with Crippen molar-refractivity contribution in [1.29, 1.82) is 0 Å². The normalized spacial score (nSPS) is 19.6. The van der Waals surface area contributed by atoms with Crippen molar-refractivity contribution in [2.75, 3.05) is 5.32 Å². The van der Waals surface area contributed by atoms with Gasteiger partial charge >= 0.3 is 12.0 Å². The number of carboxylic acid groups (broad SMARTS) is 1. The third-order valence-corrected chi connectivity index (χ3v) is 3.28. The quantitative estimate of drug-likeness (QED) is 0.786. The van der Waals surface area contributed by atoms with Gasteiger partial charge in [-0.1, -0.05) is 13.8 Å². The van der Waals surface area contributed by atoms with Gasteiger partial charge in [0, 0.05) is 6.04 Å². The SMILES string of the molecule is CC1(C)CC1NC(=O)Nc1ccc(F)cc1C(=O)O. The van der Waals surface area contributed by atoms with Gasteiger partial charge in [-0.15, -0.1) is 0 Å². The van der Waals surface area contributed by atoms with E-state index in [2.05, 4.69) is 10.6 Å². The zero-order valence-corrected chi connectivity index (χ0v) is 10.7. The van der Waals surface area contributed by atoms with Crippen molar-refractivity contribution in [3.8, 4) is 0 Å². The Bertz CT molecular complexity index is 543. The zero-order chi connectivity index (χ0) is 14.2. The fourth-order valence-electron chi connectivity index (χ4n) is 1.83. The second-order valence-electron chi connectivity index (χ2n) is 5.34. The Hall–Kier alpha value is -2.11. The maximum Gasteiger partial charge on any atom is 0.337 e. The van der Waals surface area contributed by atoms with Crippen LogP contribution in [0, 0.1) is 11.2 Å². The van der Waals surface area contributed by atoms with Crippen molar-refractivity contribution in [3.63, 3.8) is 0 Å². The summed E-state index contributed by atoms with van der Waals surface area (Å²) < 4.78 is 13.0. The first-order valence-corrected chi connectivity index (χ1v) is 5.90. The third-order valence-electron chi connectivity index (χ3n) is 3.28. The van der Waals surface area contributed by atoms with Gasteiger partial charge < -0.3 is 15.7 Å². The molecule has 1 saturated carbocycles. The third kappa shape index (κ3) is 3.01. The summed E-state index contributed by atoms with van der Waals surface area (Å²) >= 11 is 0. The van der Waals surface area contributed by atoms with Crippen molar-refractivity contribution in [3.05, 3.63) is 29.6 Å². The van der Waals surface area contributed by atoms with Crippen LogP contribution in [-0.2, 0) is 0 Å². The van der Waals surface area contributed by atoms with E-state index in [4.69, 9.17) is 5.11 Å². The van der Waals surface area contributed by atoms with Gasteiger partial charge in [-0.25, -0.2) is 14.0 Å². The van der Waals surface area contributed by atoms with Crippen molar-refractivity contribution >= 4 is 17.7 Å². The van der Waals surface area contributed by atoms with Crippen LogP contribution < -0.4 is 10.6 Å². The molecular weight excluding hydrogens is 251 g/mol. The number of hydrogen-bond donors (Lipinski definition) is 3. The van der Waals surface area contributed by atoms with Crippen molar-refractivity contribution in [2.45, 2.75) is 26.3 Å². The Morgan fingerprint density at radius 3 is 2.58 bits per heavy atom. The number of rotatable bonds is 3. The number of carbonyl (C=O) groups excluding carboxylic acids is 1. The summed E-state index contributed by atoms with van der Waals surface area (Å²) in [7, 11) is 0. The van der Waals surface area contributed by atoms with Crippen molar-refractivity contribution in [1.82, 2.24) is 5.32 Å². The number of amides is 2. The maximum absolute atomic E-state index is 13.0. The van der Waals surface area contributed by atoms with Crippen LogP contribution in [0.5, 0.6) is 0 Å². The van der Waals surface area contributed by atoms with E-state index in [-0.39, 0.29) is 22.7 Å². The summed E-state index contributed by atoms with van der Waals surface area (Å²) in [5.74, 6) is -1.95. The molecule has 0 aromatic heterocycles. The van der Waals surface area contributed by atoms with Crippen LogP contribution in [0.3, 0.4) is 0 Å². The second-order valence-corrected chi connectivity index (χ2v) is 5.34. The van der Waals surface area contributed by atoms with Gasteiger partial charge in [0.2, 0.25) is 0 Å². The minimum atomic E-state index is -1.29. The summed E-state index contributed by atoms with van der Waals surface area (Å²) in [4.78, 5) is 22.7. The lowest BCUT2D eigenvalue weighted by molar-refractivity contribution is 0.0697. The number of carboxylic acids is 1. The molecule has 1 aromatic rings. The average Bonchev–Trinajstić information content (AvgIpc) is 2.88. The van der Waals surface area contributed by atoms with Gasteiger partial charge in [-0.05, 0) is 30.0 Å². The van der Waals surface area contributed by atoms with Gasteiger partial charge in [0.1, 0.15) is 5.82 Å². The molecule has 0 bridgehead atoms. The molecule has 19 heavy (non-hydrogen) atoms. The molecule has 1 atom stereocenters. The van der Waals surface area contributed by atoms with Crippen LogP contribution in [0.4, 0.5) is 14.9 Å². The summed E-state index contributed by atoms with van der Waals surface area (Å²) in [6.45, 7) is 4.05. The molecule has 1 unspecified atom stereocenters. The van der Waals surface area contributed by atoms with Gasteiger partial charge in [0.05, 0.1) is 11.3 Å². The monoisotopic (exact) mass is 266 g/mol. The maximum atomic E-state index is 13.0. The predicted molar refractivity (Wildman–Crippen MR) is 67.7 cm³/mol. The highest BCUT2D eigenvalue weighted by Gasteiger charge is 2.46. The summed E-state index contributed by atoms with van der Waals surface area (Å²) in [6.07, 6.45) is 0.885. The number of urea groups is 1. The minimum absolute atomic E-state index is 0.0739. The van der Waals surface area contributed by atoms with Crippen molar-refractivity contribution < 1.29 is 19.1 Å². The van der Waals surface area contributed by atoms with E-state index >= 15 is 0 Å². The zero-order valence-electron chi connectivity index (χ0n) is 10.7. The number of hydrogen-bond acceptors (Lipinski definition) is 2. The molecule has 5 nitrogen and oxygen atoms in total. The Kier molecular flexibility index (Phi) is 3.18. The number of anilines is 1. The van der Waals surface area contributed by atoms with Crippen LogP contribution in [0.2, 0.25) is 0 Å². The first-order chi connectivity index (χ1) is 8.79. The van der Waals surface area contributed by atoms with E-state index in [1.807, 2.05) is 13.8 Å². The molecule has 2 rings (SSSR count). The lowest BCUT2D eigenvalue weighted by Crippen LogP contribution is -2.33. The Morgan fingerprint density at radius 2 is 2.05 bits per heavy atom. The number of carbonyl (C=O) groups is 2. The Morgan fingerprint density at radius 1 is 1.42 bits per heavy atom. The lowest BCUT2D eigenvalue weighted by Gasteiger charge is -2.11. The largest absolute Gasteiger partial charge is 0.478 e. The standard InChI is InChI=1S/C13H15FN2O3/c1-13(2)6-10(13)16-12(19)15-9-4-3-7(14)5-8(9)11(17)18/h3-5,10H,6H2,1-2H3,(H,17,18)(H2,15,16,19). The molecule has 1 aliphatic carbocycles. The first kappa shape index (κ1) is 13.3. The molecule has 1 aliphatic rings. The van der Waals surface area contributed by atoms with Gasteiger partial charge in [0.15, 0.2) is 0 Å². The van der Waals surface area contributed by atoms with E-state index in [1.165, 1.54) is 6.07 Å². The highest BCUT2D eigenvalue weighted by molar-refractivity contribution is 6.00. The number of benzene rings is 1. The van der Waals surface area contributed by atoms with Crippen LogP contribution in [-0.4, -0.2) is 23.1 Å². The average molecular weight is 266 g/mol. The van der Waals surface area contributed by atoms with Crippen molar-refractivity contribution in [2.24, 2.45) is 5.41 Å². The van der Waals surface area contributed by atoms with Gasteiger partial charge in [-0.3, -0.25) is 0 Å². The van der Waals surface area contributed by atoms with E-state index in [0.29, 0.717) is 0 Å². The summed E-state index contributed by atoms with van der Waals surface area (Å²) in [6, 6.07) is 2.81. The Labute approximate surface area is 109 Å². The fraction of sp³-hybridized carbons (Fsp3) is 0.385. The number of nitrogens with one attached hydrogen (secondary N) is 2. The minimum Gasteiger partial charge on any atom is -0.478 e. The van der Waals surface area contributed by atoms with Gasteiger partial charge in [0.25, 0.3) is 0 Å². The summed E-state index contributed by atoms with van der Waals surface area (Å²) in [5.41, 5.74) is -0.120. The number of aromatic carboxylic acids is 1. The molecule has 6 heteroatoms. The molecule has 0 saturated heterocycles. The first-order valence-electron chi connectivity index (χ1n) is 5.90. The van der Waals surface area contributed by atoms with E-state index in [9.17, 15) is 14.0 Å². The molecule has 3 N–H and O–H groups in total. The highest BCUT2D eigenvalue weighted by Crippen LogP contribution is 2.44. The fourth-order valence-corrected chi connectivity index (χ4v) is 1.83. The van der Waals surface area contributed by atoms with E-state index < -0.39 is 17.8 Å². The topological polar surface area (TPSA) is 78.4 Å². The second kappa shape index (κ2) is 4.53. The molecule has 0 aliphatic heterocycles. The molecular formula is C13H15FN2O3. The molecule has 0 heterocycles. The van der Waals surface area contributed by atoms with Crippen LogP contribution in [0.15, 0.2) is 18.2 Å². The summed E-state index contributed by atoms with van der Waals surface area (Å²) in [5, 5.41) is 14.1. The smallest absolute Gasteiger partial charge is 0.337 e. The Balaban J connectivity index is 2.06. The number of halogens is 1. The van der Waals surface area contributed by atoms with E-state index in [1.54, 1.807) is 0 Å². The molecule has 102 valence electrons. The molecule has 0 radical (unpaired) electrons. The van der Waals surface area contributed by atoms with Gasteiger partial charge in [-0.2, -0.15) is 0 Å². The van der Waals surface area contributed by atoms with Crippen LogP contribution in [0.1, 0.15) is 30.6 Å². The molecule has 2 amide bonds. The molecule has 1 aromatic carbocycles. The molecule has 0 spiro atoms. The van der Waals surface area contributed by atoms with Crippen LogP contribution >= 0.6 is 0 Å². The van der Waals surface area contributed by atoms with E-state index in [0.717, 1.165) is 18.6 Å².